The SMILES string of the molecule is COC(=O)C1CC2Oc3cc(OS(=O)(=O)C(F)(F)F)cnc3C2C1O.COc1ccccc1.c1ccccc1. The van der Waals surface area contributed by atoms with Crippen molar-refractivity contribution in [2.75, 3.05) is 14.2 Å². The van der Waals surface area contributed by atoms with Gasteiger partial charge in [-0.3, -0.25) is 9.78 Å². The third kappa shape index (κ3) is 7.39. The molecule has 1 fully saturated rings. The highest BCUT2D eigenvalue weighted by molar-refractivity contribution is 7.88. The highest BCUT2D eigenvalue weighted by atomic mass is 32.2. The van der Waals surface area contributed by atoms with Gasteiger partial charge in [0.25, 0.3) is 0 Å². The first-order valence-corrected chi connectivity index (χ1v) is 12.9. The van der Waals surface area contributed by atoms with Crippen molar-refractivity contribution in [3.63, 3.8) is 0 Å². The highest BCUT2D eigenvalue weighted by Crippen LogP contribution is 2.49. The molecule has 0 bridgehead atoms. The number of alkyl halides is 3. The van der Waals surface area contributed by atoms with E-state index in [0.29, 0.717) is 0 Å². The molecule has 1 aliphatic heterocycles. The van der Waals surface area contributed by atoms with Crippen molar-refractivity contribution in [1.82, 2.24) is 4.98 Å². The normalized spacial score (nSPS) is 21.0. The van der Waals surface area contributed by atoms with Crippen LogP contribution in [-0.4, -0.2) is 56.4 Å². The second-order valence-corrected chi connectivity index (χ2v) is 9.79. The van der Waals surface area contributed by atoms with E-state index in [0.717, 1.165) is 18.0 Å². The summed E-state index contributed by atoms with van der Waals surface area (Å²) in [6, 6.07) is 22.6. The monoisotopic (exact) mass is 569 g/mol. The van der Waals surface area contributed by atoms with E-state index < -0.39 is 51.4 Å². The number of fused-ring (bicyclic) bond motifs is 3. The Balaban J connectivity index is 0.000000243. The Kier molecular flexibility index (Phi) is 9.76. The largest absolute Gasteiger partial charge is 0.534 e. The Morgan fingerprint density at radius 1 is 1.00 bits per heavy atom. The zero-order valence-corrected chi connectivity index (χ0v) is 21.6. The van der Waals surface area contributed by atoms with Crippen LogP contribution in [0.5, 0.6) is 17.2 Å². The number of carbonyl (C=O) groups excluding carboxylic acids is 1. The molecule has 2 aromatic carbocycles. The number of aliphatic hydroxyl groups is 1. The van der Waals surface area contributed by atoms with Gasteiger partial charge in [0.15, 0.2) is 5.75 Å². The number of benzene rings is 2. The number of para-hydroxylation sites is 1. The molecule has 210 valence electrons. The third-order valence-corrected chi connectivity index (χ3v) is 6.74. The summed E-state index contributed by atoms with van der Waals surface area (Å²) in [5, 5.41) is 10.3. The van der Waals surface area contributed by atoms with E-state index >= 15 is 0 Å². The molecule has 1 saturated carbocycles. The van der Waals surface area contributed by atoms with Crippen LogP contribution in [0.25, 0.3) is 0 Å². The molecule has 1 N–H and O–H groups in total. The molecule has 39 heavy (non-hydrogen) atoms. The summed E-state index contributed by atoms with van der Waals surface area (Å²) in [6.07, 6.45) is -0.856. The van der Waals surface area contributed by atoms with Gasteiger partial charge >= 0.3 is 21.6 Å². The van der Waals surface area contributed by atoms with Crippen LogP contribution in [0, 0.1) is 5.92 Å². The molecule has 0 radical (unpaired) electrons. The number of methoxy groups -OCH3 is 2. The van der Waals surface area contributed by atoms with Gasteiger partial charge in [-0.25, -0.2) is 0 Å². The maximum atomic E-state index is 12.3. The summed E-state index contributed by atoms with van der Waals surface area (Å²) in [7, 11) is -2.98. The van der Waals surface area contributed by atoms with Gasteiger partial charge in [-0.2, -0.15) is 21.6 Å². The Morgan fingerprint density at radius 2 is 1.56 bits per heavy atom. The molecule has 4 unspecified atom stereocenters. The molecule has 0 amide bonds. The lowest BCUT2D eigenvalue weighted by molar-refractivity contribution is -0.148. The van der Waals surface area contributed by atoms with Crippen LogP contribution < -0.4 is 13.7 Å². The van der Waals surface area contributed by atoms with Crippen molar-refractivity contribution in [3.8, 4) is 17.2 Å². The average molecular weight is 570 g/mol. The lowest BCUT2D eigenvalue weighted by Gasteiger charge is -2.16. The van der Waals surface area contributed by atoms with Gasteiger partial charge in [0.1, 0.15) is 17.6 Å². The Bertz CT molecular complexity index is 1300. The summed E-state index contributed by atoms with van der Waals surface area (Å²) in [5.41, 5.74) is -5.37. The van der Waals surface area contributed by atoms with Gasteiger partial charge in [0, 0.05) is 12.5 Å². The topological polar surface area (TPSA) is 121 Å². The molecular weight excluding hydrogens is 543 g/mol. The quantitative estimate of drug-likeness (QED) is 0.281. The smallest absolute Gasteiger partial charge is 0.497 e. The van der Waals surface area contributed by atoms with Crippen LogP contribution in [0.3, 0.4) is 0 Å². The lowest BCUT2D eigenvalue weighted by Crippen LogP contribution is -2.28. The van der Waals surface area contributed by atoms with Gasteiger partial charge < -0.3 is 23.5 Å². The van der Waals surface area contributed by atoms with E-state index in [4.69, 9.17) is 9.47 Å². The Morgan fingerprint density at radius 3 is 2.05 bits per heavy atom. The Labute approximate surface area is 223 Å². The van der Waals surface area contributed by atoms with Gasteiger partial charge in [0.05, 0.1) is 44.1 Å². The number of aliphatic hydroxyl groups excluding tert-OH is 1. The van der Waals surface area contributed by atoms with Gasteiger partial charge in [0.2, 0.25) is 0 Å². The second-order valence-electron chi connectivity index (χ2n) is 8.25. The van der Waals surface area contributed by atoms with E-state index in [2.05, 4.69) is 13.9 Å². The molecule has 1 aromatic heterocycles. The molecule has 2 aliphatic rings. The molecule has 5 rings (SSSR count). The molecule has 4 atom stereocenters. The van der Waals surface area contributed by atoms with Crippen molar-refractivity contribution in [3.05, 3.63) is 84.7 Å². The first kappa shape index (κ1) is 29.7. The fourth-order valence-electron chi connectivity index (χ4n) is 3.96. The maximum absolute atomic E-state index is 12.3. The number of esters is 1. The summed E-state index contributed by atoms with van der Waals surface area (Å²) in [6.45, 7) is 0. The number of nitrogens with zero attached hydrogens (tertiary/aromatic N) is 1. The number of carbonyl (C=O) groups is 1. The second kappa shape index (κ2) is 12.8. The fourth-order valence-corrected chi connectivity index (χ4v) is 4.40. The number of aromatic nitrogens is 1. The summed E-state index contributed by atoms with van der Waals surface area (Å²) in [4.78, 5) is 15.5. The van der Waals surface area contributed by atoms with E-state index in [1.165, 1.54) is 7.11 Å². The first-order chi connectivity index (χ1) is 18.5. The summed E-state index contributed by atoms with van der Waals surface area (Å²) >= 11 is 0. The zero-order chi connectivity index (χ0) is 28.6. The molecule has 3 aromatic rings. The molecule has 2 heterocycles. The average Bonchev–Trinajstić information content (AvgIpc) is 3.45. The first-order valence-electron chi connectivity index (χ1n) is 11.5. The molecule has 0 saturated heterocycles. The van der Waals surface area contributed by atoms with Crippen molar-refractivity contribution in [1.29, 1.82) is 0 Å². The van der Waals surface area contributed by atoms with E-state index in [9.17, 15) is 31.5 Å². The fraction of sp³-hybridized carbons (Fsp3) is 0.308. The Hall–Kier alpha value is -3.84. The van der Waals surface area contributed by atoms with Crippen LogP contribution in [0.4, 0.5) is 13.2 Å². The predicted octanol–water partition coefficient (Wildman–Crippen LogP) is 4.09. The van der Waals surface area contributed by atoms with Crippen LogP contribution in [0.1, 0.15) is 18.0 Å². The minimum Gasteiger partial charge on any atom is -0.497 e. The number of hydrogen-bond acceptors (Lipinski definition) is 9. The van der Waals surface area contributed by atoms with Crippen LogP contribution in [-0.2, 0) is 19.6 Å². The minimum absolute atomic E-state index is 0.00718. The molecule has 13 heteroatoms. The van der Waals surface area contributed by atoms with Crippen molar-refractivity contribution in [2.24, 2.45) is 5.92 Å². The van der Waals surface area contributed by atoms with E-state index in [-0.39, 0.29) is 17.9 Å². The molecule has 9 nitrogen and oxygen atoms in total. The number of pyridine rings is 1. The zero-order valence-electron chi connectivity index (χ0n) is 20.8. The number of rotatable bonds is 4. The number of ether oxygens (including phenoxy) is 3. The number of hydrogen-bond donors (Lipinski definition) is 1. The van der Waals surface area contributed by atoms with Gasteiger partial charge in [-0.1, -0.05) is 54.6 Å². The van der Waals surface area contributed by atoms with Crippen LogP contribution >= 0.6 is 0 Å². The lowest BCUT2D eigenvalue weighted by atomic mass is 9.97. The van der Waals surface area contributed by atoms with Crippen molar-refractivity contribution in [2.45, 2.75) is 30.1 Å². The molecule has 1 aliphatic carbocycles. The van der Waals surface area contributed by atoms with Gasteiger partial charge in [-0.15, -0.1) is 0 Å². The predicted molar refractivity (Wildman–Crippen MR) is 133 cm³/mol. The minimum atomic E-state index is -5.83. The van der Waals surface area contributed by atoms with Crippen LogP contribution in [0.15, 0.2) is 79.0 Å². The third-order valence-electron chi connectivity index (χ3n) is 5.76. The van der Waals surface area contributed by atoms with Gasteiger partial charge in [-0.05, 0) is 12.1 Å². The molecule has 0 spiro atoms. The summed E-state index contributed by atoms with van der Waals surface area (Å²) in [5.74, 6) is -1.86. The van der Waals surface area contributed by atoms with Crippen molar-refractivity contribution < 1.29 is 49.9 Å². The number of halogens is 3. The van der Waals surface area contributed by atoms with E-state index in [1.807, 2.05) is 66.7 Å². The molecular formula is C26H26F3NO8S. The van der Waals surface area contributed by atoms with E-state index in [1.54, 1.807) is 7.11 Å². The van der Waals surface area contributed by atoms with Crippen LogP contribution in [0.2, 0.25) is 0 Å². The standard InChI is InChI=1S/C13H12F3NO7S.C7H8O.C6H6/c1-22-12(19)6-3-7-9(11(6)18)10-8(23-7)2-5(4-17-10)24-25(20,21)13(14,15)16;1-8-7-5-3-2-4-6-7;1-2-4-6-5-3-1/h2,4,6-7,9,11,18H,3H2,1H3;2-6H,1H3;1-6H. The highest BCUT2D eigenvalue weighted by Gasteiger charge is 2.54. The maximum Gasteiger partial charge on any atom is 0.534 e. The summed E-state index contributed by atoms with van der Waals surface area (Å²) < 4.78 is 78.0. The van der Waals surface area contributed by atoms with Crippen molar-refractivity contribution >= 4 is 16.1 Å².